The minimum Gasteiger partial charge on any atom is -0.339 e. The van der Waals surface area contributed by atoms with Gasteiger partial charge in [-0.1, -0.05) is 0 Å². The molecule has 110 valence electrons. The highest BCUT2D eigenvalue weighted by molar-refractivity contribution is 5.58. The Hall–Kier alpha value is -2.48. The molecule has 0 radical (unpaired) electrons. The lowest BCUT2D eigenvalue weighted by molar-refractivity contribution is -0.384. The zero-order chi connectivity index (χ0) is 14.8. The number of piperidine rings is 1. The van der Waals surface area contributed by atoms with Gasteiger partial charge in [0.1, 0.15) is 0 Å². The Labute approximate surface area is 121 Å². The Kier molecular flexibility index (Phi) is 3.53. The Bertz CT molecular complexity index is 630. The van der Waals surface area contributed by atoms with Gasteiger partial charge < -0.3 is 10.6 Å². The number of nitrogens with one attached hydrogen (secondary N) is 1. The van der Waals surface area contributed by atoms with E-state index in [0.717, 1.165) is 31.5 Å². The summed E-state index contributed by atoms with van der Waals surface area (Å²) in [5.41, 5.74) is 6.71. The number of nitrogens with zero attached hydrogens (tertiary/aromatic N) is 4. The first-order valence-corrected chi connectivity index (χ1v) is 6.81. The summed E-state index contributed by atoms with van der Waals surface area (Å²) in [6, 6.07) is 6.49. The van der Waals surface area contributed by atoms with Crippen LogP contribution in [0, 0.1) is 10.1 Å². The van der Waals surface area contributed by atoms with E-state index in [1.54, 1.807) is 12.1 Å². The first-order chi connectivity index (χ1) is 10.1. The van der Waals surface area contributed by atoms with Gasteiger partial charge in [-0.3, -0.25) is 15.2 Å². The third-order valence-corrected chi connectivity index (χ3v) is 3.65. The lowest BCUT2D eigenvalue weighted by atomic mass is 10.1. The van der Waals surface area contributed by atoms with Gasteiger partial charge in [0.05, 0.1) is 4.92 Å². The summed E-state index contributed by atoms with van der Waals surface area (Å²) in [6.45, 7) is 1.69. The van der Waals surface area contributed by atoms with Gasteiger partial charge in [0.2, 0.25) is 5.95 Å². The standard InChI is InChI=1S/C13H16N6O2/c14-10-5-7-18(8-6-10)13-15-12(16-17-13)9-1-3-11(4-2-9)19(20)21/h1-4,10H,5-8,14H2,(H,15,16,17). The Balaban J connectivity index is 1.76. The molecule has 1 aromatic carbocycles. The second-order valence-electron chi connectivity index (χ2n) is 5.11. The molecule has 0 saturated carbocycles. The van der Waals surface area contributed by atoms with E-state index in [1.165, 1.54) is 12.1 Å². The molecule has 21 heavy (non-hydrogen) atoms. The molecule has 0 spiro atoms. The second-order valence-corrected chi connectivity index (χ2v) is 5.11. The highest BCUT2D eigenvalue weighted by atomic mass is 16.6. The van der Waals surface area contributed by atoms with Crippen molar-refractivity contribution >= 4 is 11.6 Å². The van der Waals surface area contributed by atoms with Crippen LogP contribution in [0.5, 0.6) is 0 Å². The molecular formula is C13H16N6O2. The fraction of sp³-hybridized carbons (Fsp3) is 0.385. The van der Waals surface area contributed by atoms with E-state index < -0.39 is 4.92 Å². The molecule has 1 aromatic heterocycles. The van der Waals surface area contributed by atoms with Gasteiger partial charge >= 0.3 is 0 Å². The molecule has 0 bridgehead atoms. The van der Waals surface area contributed by atoms with Gasteiger partial charge in [0.25, 0.3) is 5.69 Å². The number of aromatic amines is 1. The summed E-state index contributed by atoms with van der Waals surface area (Å²) in [5.74, 6) is 1.25. The van der Waals surface area contributed by atoms with Crippen molar-refractivity contribution in [2.24, 2.45) is 5.73 Å². The van der Waals surface area contributed by atoms with Crippen molar-refractivity contribution in [3.8, 4) is 11.4 Å². The van der Waals surface area contributed by atoms with E-state index in [-0.39, 0.29) is 11.7 Å². The summed E-state index contributed by atoms with van der Waals surface area (Å²) >= 11 is 0. The molecule has 2 heterocycles. The Morgan fingerprint density at radius 1 is 1.29 bits per heavy atom. The molecule has 8 nitrogen and oxygen atoms in total. The highest BCUT2D eigenvalue weighted by Gasteiger charge is 2.19. The highest BCUT2D eigenvalue weighted by Crippen LogP contribution is 2.22. The fourth-order valence-electron chi connectivity index (χ4n) is 2.36. The molecule has 1 fully saturated rings. The van der Waals surface area contributed by atoms with Crippen molar-refractivity contribution in [3.05, 3.63) is 34.4 Å². The van der Waals surface area contributed by atoms with Crippen molar-refractivity contribution in [1.82, 2.24) is 15.2 Å². The molecule has 1 saturated heterocycles. The van der Waals surface area contributed by atoms with Crippen LogP contribution in [0.1, 0.15) is 12.8 Å². The van der Waals surface area contributed by atoms with Crippen LogP contribution in [-0.4, -0.2) is 39.2 Å². The lowest BCUT2D eigenvalue weighted by Crippen LogP contribution is -2.40. The summed E-state index contributed by atoms with van der Waals surface area (Å²) in [6.07, 6.45) is 1.86. The third-order valence-electron chi connectivity index (χ3n) is 3.65. The number of nitro benzene ring substituents is 1. The summed E-state index contributed by atoms with van der Waals surface area (Å²) in [5, 5.41) is 17.7. The Morgan fingerprint density at radius 2 is 1.95 bits per heavy atom. The number of non-ortho nitro benzene ring substituents is 1. The van der Waals surface area contributed by atoms with E-state index in [1.807, 2.05) is 0 Å². The quantitative estimate of drug-likeness (QED) is 0.650. The molecule has 0 aliphatic carbocycles. The van der Waals surface area contributed by atoms with Crippen LogP contribution in [0.3, 0.4) is 0 Å². The first-order valence-electron chi connectivity index (χ1n) is 6.81. The van der Waals surface area contributed by atoms with Crippen molar-refractivity contribution in [2.75, 3.05) is 18.0 Å². The van der Waals surface area contributed by atoms with Crippen LogP contribution in [0.2, 0.25) is 0 Å². The van der Waals surface area contributed by atoms with Gasteiger partial charge in [-0.05, 0) is 25.0 Å². The molecule has 8 heteroatoms. The minimum atomic E-state index is -0.424. The molecule has 0 amide bonds. The molecule has 0 atom stereocenters. The number of hydrogen-bond donors (Lipinski definition) is 2. The SMILES string of the molecule is NC1CCN(c2n[nH]c(-c3ccc([N+](=O)[O-])cc3)n2)CC1. The van der Waals surface area contributed by atoms with Crippen LogP contribution >= 0.6 is 0 Å². The summed E-state index contributed by atoms with van der Waals surface area (Å²) in [4.78, 5) is 16.8. The smallest absolute Gasteiger partial charge is 0.269 e. The number of rotatable bonds is 3. The van der Waals surface area contributed by atoms with Gasteiger partial charge in [-0.2, -0.15) is 4.98 Å². The van der Waals surface area contributed by atoms with Crippen LogP contribution in [0.4, 0.5) is 11.6 Å². The number of benzene rings is 1. The maximum Gasteiger partial charge on any atom is 0.269 e. The lowest BCUT2D eigenvalue weighted by Gasteiger charge is -2.28. The van der Waals surface area contributed by atoms with E-state index >= 15 is 0 Å². The number of aromatic nitrogens is 3. The molecular weight excluding hydrogens is 272 g/mol. The topological polar surface area (TPSA) is 114 Å². The molecule has 3 N–H and O–H groups in total. The maximum absolute atomic E-state index is 10.6. The van der Waals surface area contributed by atoms with Gasteiger partial charge in [-0.25, -0.2) is 0 Å². The third kappa shape index (κ3) is 2.84. The minimum absolute atomic E-state index is 0.0588. The number of anilines is 1. The Morgan fingerprint density at radius 3 is 2.57 bits per heavy atom. The normalized spacial score (nSPS) is 16.1. The predicted octanol–water partition coefficient (Wildman–Crippen LogP) is 1.31. The summed E-state index contributed by atoms with van der Waals surface area (Å²) < 4.78 is 0. The zero-order valence-corrected chi connectivity index (χ0v) is 11.4. The van der Waals surface area contributed by atoms with E-state index in [0.29, 0.717) is 11.8 Å². The van der Waals surface area contributed by atoms with Crippen molar-refractivity contribution in [1.29, 1.82) is 0 Å². The number of nitrogens with two attached hydrogens (primary N) is 1. The van der Waals surface area contributed by atoms with Crippen LogP contribution in [0.15, 0.2) is 24.3 Å². The predicted molar refractivity (Wildman–Crippen MR) is 77.9 cm³/mol. The average molecular weight is 288 g/mol. The van der Waals surface area contributed by atoms with Gasteiger partial charge in [-0.15, -0.1) is 5.10 Å². The van der Waals surface area contributed by atoms with Crippen molar-refractivity contribution in [2.45, 2.75) is 18.9 Å². The fourth-order valence-corrected chi connectivity index (χ4v) is 2.36. The number of nitro groups is 1. The largest absolute Gasteiger partial charge is 0.339 e. The van der Waals surface area contributed by atoms with Gasteiger partial charge in [0, 0.05) is 36.8 Å². The van der Waals surface area contributed by atoms with Crippen molar-refractivity contribution in [3.63, 3.8) is 0 Å². The number of hydrogen-bond acceptors (Lipinski definition) is 6. The first kappa shape index (κ1) is 13.5. The summed E-state index contributed by atoms with van der Waals surface area (Å²) in [7, 11) is 0. The molecule has 2 aromatic rings. The second kappa shape index (κ2) is 5.49. The van der Waals surface area contributed by atoms with Crippen LogP contribution in [0.25, 0.3) is 11.4 Å². The number of H-pyrrole nitrogens is 1. The van der Waals surface area contributed by atoms with E-state index in [9.17, 15) is 10.1 Å². The van der Waals surface area contributed by atoms with Crippen LogP contribution in [-0.2, 0) is 0 Å². The van der Waals surface area contributed by atoms with E-state index in [4.69, 9.17) is 5.73 Å². The zero-order valence-electron chi connectivity index (χ0n) is 11.4. The monoisotopic (exact) mass is 288 g/mol. The van der Waals surface area contributed by atoms with Crippen LogP contribution < -0.4 is 10.6 Å². The van der Waals surface area contributed by atoms with Gasteiger partial charge in [0.15, 0.2) is 5.82 Å². The van der Waals surface area contributed by atoms with Crippen molar-refractivity contribution < 1.29 is 4.92 Å². The average Bonchev–Trinajstić information content (AvgIpc) is 2.98. The molecule has 1 aliphatic rings. The molecule has 0 unspecified atom stereocenters. The van der Waals surface area contributed by atoms with E-state index in [2.05, 4.69) is 20.1 Å². The maximum atomic E-state index is 10.6. The molecule has 1 aliphatic heterocycles. The molecule has 3 rings (SSSR count).